The van der Waals surface area contributed by atoms with Gasteiger partial charge in [0.05, 0.1) is 6.10 Å². The lowest BCUT2D eigenvalue weighted by molar-refractivity contribution is 0.150. The molecule has 2 rings (SSSR count). The van der Waals surface area contributed by atoms with Gasteiger partial charge in [-0.05, 0) is 38.5 Å². The molecule has 0 aliphatic carbocycles. The third kappa shape index (κ3) is 4.15. The first kappa shape index (κ1) is 16.7. The van der Waals surface area contributed by atoms with Crippen LogP contribution in [0.4, 0.5) is 0 Å². The van der Waals surface area contributed by atoms with Crippen LogP contribution in [0.3, 0.4) is 0 Å². The number of nitrogens with two attached hydrogens (primary N) is 1. The highest BCUT2D eigenvalue weighted by molar-refractivity contribution is 8.00. The zero-order valence-corrected chi connectivity index (χ0v) is 14.4. The second kappa shape index (κ2) is 7.52. The van der Waals surface area contributed by atoms with E-state index in [9.17, 15) is 0 Å². The van der Waals surface area contributed by atoms with Crippen LogP contribution in [-0.2, 0) is 0 Å². The van der Waals surface area contributed by atoms with E-state index < -0.39 is 0 Å². The van der Waals surface area contributed by atoms with E-state index in [2.05, 4.69) is 54.8 Å². The summed E-state index contributed by atoms with van der Waals surface area (Å²) in [6, 6.07) is 9.30. The molecule has 1 aliphatic rings. The van der Waals surface area contributed by atoms with Gasteiger partial charge >= 0.3 is 0 Å². The molecule has 0 saturated carbocycles. The molecule has 2 N–H and O–H groups in total. The van der Waals surface area contributed by atoms with E-state index in [1.807, 2.05) is 13.8 Å². The van der Waals surface area contributed by atoms with Crippen molar-refractivity contribution in [3.8, 4) is 5.75 Å². The van der Waals surface area contributed by atoms with Crippen LogP contribution >= 0.6 is 11.8 Å². The van der Waals surface area contributed by atoms with E-state index >= 15 is 0 Å². The molecule has 0 amide bonds. The molecule has 0 bridgehead atoms. The average Bonchev–Trinajstić information content (AvgIpc) is 2.45. The molecule has 21 heavy (non-hydrogen) atoms. The molecule has 0 radical (unpaired) electrons. The molecule has 1 aromatic rings. The lowest BCUT2D eigenvalue weighted by Crippen LogP contribution is -2.48. The van der Waals surface area contributed by atoms with Crippen molar-refractivity contribution in [1.82, 2.24) is 4.90 Å². The first-order valence-electron chi connectivity index (χ1n) is 7.87. The fourth-order valence-electron chi connectivity index (χ4n) is 2.90. The number of hydrogen-bond acceptors (Lipinski definition) is 4. The van der Waals surface area contributed by atoms with E-state index in [4.69, 9.17) is 10.5 Å². The predicted molar refractivity (Wildman–Crippen MR) is 92.1 cm³/mol. The van der Waals surface area contributed by atoms with Crippen molar-refractivity contribution in [3.63, 3.8) is 0 Å². The van der Waals surface area contributed by atoms with E-state index in [1.165, 1.54) is 11.3 Å². The fourth-order valence-corrected chi connectivity index (χ4v) is 4.02. The SMILES string of the molecule is CC(C)Oc1ccc(C(CN)N2CCSC(C)C2C)cc1. The molecular weight excluding hydrogens is 280 g/mol. The summed E-state index contributed by atoms with van der Waals surface area (Å²) in [5.74, 6) is 2.12. The van der Waals surface area contributed by atoms with Crippen LogP contribution in [0, 0.1) is 0 Å². The van der Waals surface area contributed by atoms with Crippen LogP contribution in [-0.4, -0.2) is 41.1 Å². The Kier molecular flexibility index (Phi) is 5.97. The van der Waals surface area contributed by atoms with Gasteiger partial charge in [0.2, 0.25) is 0 Å². The molecule has 1 heterocycles. The predicted octanol–water partition coefficient (Wildman–Crippen LogP) is 3.30. The smallest absolute Gasteiger partial charge is 0.119 e. The maximum absolute atomic E-state index is 6.08. The Morgan fingerprint density at radius 2 is 1.95 bits per heavy atom. The minimum Gasteiger partial charge on any atom is -0.491 e. The molecule has 1 fully saturated rings. The lowest BCUT2D eigenvalue weighted by atomic mass is 10.0. The number of ether oxygens (including phenoxy) is 1. The minimum atomic E-state index is 0.209. The van der Waals surface area contributed by atoms with Crippen LogP contribution in [0.5, 0.6) is 5.75 Å². The van der Waals surface area contributed by atoms with Gasteiger partial charge in [-0.2, -0.15) is 11.8 Å². The Morgan fingerprint density at radius 3 is 2.52 bits per heavy atom. The normalized spacial score (nSPS) is 25.0. The summed E-state index contributed by atoms with van der Waals surface area (Å²) < 4.78 is 5.72. The van der Waals surface area contributed by atoms with Crippen molar-refractivity contribution in [2.45, 2.75) is 51.1 Å². The quantitative estimate of drug-likeness (QED) is 0.906. The Bertz CT molecular complexity index is 435. The molecule has 118 valence electrons. The van der Waals surface area contributed by atoms with Crippen LogP contribution < -0.4 is 10.5 Å². The minimum absolute atomic E-state index is 0.209. The van der Waals surface area contributed by atoms with Gasteiger partial charge in [0.25, 0.3) is 0 Å². The number of hydrogen-bond donors (Lipinski definition) is 1. The second-order valence-corrected chi connectivity index (χ2v) is 7.53. The standard InChI is InChI=1S/C17H28N2OS/c1-12(2)20-16-7-5-15(6-8-16)17(11-18)19-9-10-21-14(4)13(19)3/h5-8,12-14,17H,9-11,18H2,1-4H3. The van der Waals surface area contributed by atoms with Crippen molar-refractivity contribution in [3.05, 3.63) is 29.8 Å². The van der Waals surface area contributed by atoms with Crippen molar-refractivity contribution >= 4 is 11.8 Å². The average molecular weight is 308 g/mol. The number of thioether (sulfide) groups is 1. The van der Waals surface area contributed by atoms with Gasteiger partial charge in [-0.3, -0.25) is 4.90 Å². The maximum Gasteiger partial charge on any atom is 0.119 e. The summed E-state index contributed by atoms with van der Waals surface area (Å²) in [7, 11) is 0. The Labute approximate surface area is 133 Å². The van der Waals surface area contributed by atoms with Crippen molar-refractivity contribution < 1.29 is 4.74 Å². The molecule has 1 aliphatic heterocycles. The maximum atomic E-state index is 6.08. The summed E-state index contributed by atoms with van der Waals surface area (Å²) in [5.41, 5.74) is 7.37. The topological polar surface area (TPSA) is 38.5 Å². The number of benzene rings is 1. The van der Waals surface area contributed by atoms with Gasteiger partial charge in [0.1, 0.15) is 5.75 Å². The molecule has 3 atom stereocenters. The first-order valence-corrected chi connectivity index (χ1v) is 8.91. The number of rotatable bonds is 5. The highest BCUT2D eigenvalue weighted by Gasteiger charge is 2.30. The summed E-state index contributed by atoms with van der Waals surface area (Å²) in [4.78, 5) is 2.56. The van der Waals surface area contributed by atoms with Crippen LogP contribution in [0.1, 0.15) is 39.3 Å². The van der Waals surface area contributed by atoms with Crippen molar-refractivity contribution in [1.29, 1.82) is 0 Å². The molecule has 1 saturated heterocycles. The summed E-state index contributed by atoms with van der Waals surface area (Å²) in [5, 5.41) is 0.663. The van der Waals surface area contributed by atoms with Crippen LogP contribution in [0.15, 0.2) is 24.3 Å². The van der Waals surface area contributed by atoms with E-state index in [0.29, 0.717) is 23.9 Å². The first-order chi connectivity index (χ1) is 10.0. The van der Waals surface area contributed by atoms with Gasteiger partial charge in [0.15, 0.2) is 0 Å². The highest BCUT2D eigenvalue weighted by atomic mass is 32.2. The van der Waals surface area contributed by atoms with Gasteiger partial charge in [-0.25, -0.2) is 0 Å². The summed E-state index contributed by atoms with van der Waals surface area (Å²) in [6.07, 6.45) is 0.209. The largest absolute Gasteiger partial charge is 0.491 e. The van der Waals surface area contributed by atoms with E-state index in [0.717, 1.165) is 12.3 Å². The number of nitrogens with zero attached hydrogens (tertiary/aromatic N) is 1. The van der Waals surface area contributed by atoms with Gasteiger partial charge in [-0.15, -0.1) is 0 Å². The van der Waals surface area contributed by atoms with E-state index in [-0.39, 0.29) is 6.10 Å². The highest BCUT2D eigenvalue weighted by Crippen LogP contribution is 2.32. The Morgan fingerprint density at radius 1 is 1.29 bits per heavy atom. The van der Waals surface area contributed by atoms with Crippen molar-refractivity contribution in [2.24, 2.45) is 5.73 Å². The molecular formula is C17H28N2OS. The van der Waals surface area contributed by atoms with Crippen molar-refractivity contribution in [2.75, 3.05) is 18.8 Å². The summed E-state index contributed by atoms with van der Waals surface area (Å²) in [6.45, 7) is 10.5. The van der Waals surface area contributed by atoms with Gasteiger partial charge in [-0.1, -0.05) is 19.1 Å². The second-order valence-electron chi connectivity index (χ2n) is 6.04. The molecule has 0 aromatic heterocycles. The molecule has 4 heteroatoms. The third-order valence-electron chi connectivity index (χ3n) is 4.19. The van der Waals surface area contributed by atoms with E-state index in [1.54, 1.807) is 0 Å². The van der Waals surface area contributed by atoms with Crippen LogP contribution in [0.2, 0.25) is 0 Å². The molecule has 3 unspecified atom stereocenters. The Balaban J connectivity index is 2.13. The fraction of sp³-hybridized carbons (Fsp3) is 0.647. The lowest BCUT2D eigenvalue weighted by Gasteiger charge is -2.42. The van der Waals surface area contributed by atoms with Gasteiger partial charge in [0, 0.05) is 36.2 Å². The molecule has 0 spiro atoms. The molecule has 1 aromatic carbocycles. The van der Waals surface area contributed by atoms with Gasteiger partial charge < -0.3 is 10.5 Å². The third-order valence-corrected chi connectivity index (χ3v) is 5.53. The zero-order chi connectivity index (χ0) is 15.4. The zero-order valence-electron chi connectivity index (χ0n) is 13.6. The monoisotopic (exact) mass is 308 g/mol. The summed E-state index contributed by atoms with van der Waals surface area (Å²) >= 11 is 2.06. The Hall–Kier alpha value is -0.710. The van der Waals surface area contributed by atoms with Crippen LogP contribution in [0.25, 0.3) is 0 Å². The molecule has 3 nitrogen and oxygen atoms in total.